The molecule has 2 saturated carbocycles. The SMILES string of the molecule is Cl.N[C@@H]1C2CCN(CC2)C12CC2.O=C(C[C@@H]1C2CCN(CC2)C12CC2)c1cc2ccsc2cn1.O=COc1cc2ccsc2cn1. The van der Waals surface area contributed by atoms with Gasteiger partial charge in [0, 0.05) is 42.0 Å². The van der Waals surface area contributed by atoms with E-state index < -0.39 is 0 Å². The largest absolute Gasteiger partial charge is 0.410 e. The fourth-order valence-electron chi connectivity index (χ4n) is 9.01. The van der Waals surface area contributed by atoms with Crippen molar-refractivity contribution in [3.63, 3.8) is 0 Å². The highest BCUT2D eigenvalue weighted by Gasteiger charge is 2.60. The Labute approximate surface area is 284 Å². The first kappa shape index (κ1) is 32.1. The summed E-state index contributed by atoms with van der Waals surface area (Å²) in [4.78, 5) is 36.5. The van der Waals surface area contributed by atoms with Gasteiger partial charge in [-0.05, 0) is 135 Å². The van der Waals surface area contributed by atoms with Crippen LogP contribution >= 0.6 is 35.1 Å². The topological polar surface area (TPSA) is 102 Å². The zero-order chi connectivity index (χ0) is 30.6. The van der Waals surface area contributed by atoms with Crippen LogP contribution in [0.15, 0.2) is 47.4 Å². The van der Waals surface area contributed by atoms with Crippen molar-refractivity contribution < 1.29 is 14.3 Å². The molecule has 244 valence electrons. The second-order valence-electron chi connectivity index (χ2n) is 13.8. The Morgan fingerprint density at radius 3 is 2.00 bits per heavy atom. The van der Waals surface area contributed by atoms with Crippen LogP contribution in [0.25, 0.3) is 20.2 Å². The van der Waals surface area contributed by atoms with Crippen LogP contribution in [-0.2, 0) is 4.79 Å². The van der Waals surface area contributed by atoms with E-state index in [1.807, 2.05) is 23.7 Å². The molecule has 8 fully saturated rings. The summed E-state index contributed by atoms with van der Waals surface area (Å²) in [5.41, 5.74) is 7.79. The number of aromatic nitrogens is 2. The van der Waals surface area contributed by atoms with E-state index in [0.29, 0.717) is 47.5 Å². The number of ether oxygens (including phenoxy) is 1. The fourth-order valence-corrected chi connectivity index (χ4v) is 10.5. The molecular formula is C35H42ClN5O3S2. The molecule has 2 aliphatic carbocycles. The first-order valence-electron chi connectivity index (χ1n) is 16.5. The Hall–Kier alpha value is -2.47. The molecule has 46 heavy (non-hydrogen) atoms. The summed E-state index contributed by atoms with van der Waals surface area (Å²) in [5.74, 6) is 2.79. The van der Waals surface area contributed by atoms with Crippen molar-refractivity contribution in [1.29, 1.82) is 0 Å². The lowest BCUT2D eigenvalue weighted by Gasteiger charge is -2.52. The van der Waals surface area contributed by atoms with Crippen LogP contribution in [0.3, 0.4) is 0 Å². The molecule has 0 radical (unpaired) electrons. The maximum atomic E-state index is 12.8. The zero-order valence-electron chi connectivity index (χ0n) is 26.0. The molecule has 12 rings (SSSR count). The van der Waals surface area contributed by atoms with E-state index in [0.717, 1.165) is 32.0 Å². The quantitative estimate of drug-likeness (QED) is 0.187. The minimum absolute atomic E-state index is 0. The number of hydrogen-bond donors (Lipinski definition) is 1. The standard InChI is InChI=1S/C18H20N2OS.C9H16N2.C8H5NO2S.ClH/c21-16(15-9-13-3-8-22-17(13)11-19-15)10-14-12-1-6-20(7-2-12)18(14)4-5-18;10-8-7-1-5-11(6-2-7)9(8)3-4-9;10-5-11-8-3-6-1-2-12-7(6)4-9-8;/h3,8-9,11-12,14H,1-2,4-7,10H2;7-8H,1-6,10H2;1-5H;1H/t14-;8-;;/m11../s1. The van der Waals surface area contributed by atoms with Gasteiger partial charge in [0.2, 0.25) is 5.88 Å². The normalized spacial score (nSPS) is 30.1. The highest BCUT2D eigenvalue weighted by Crippen LogP contribution is 2.58. The van der Waals surface area contributed by atoms with Gasteiger partial charge in [-0.2, -0.15) is 0 Å². The number of carbonyl (C=O) groups is 2. The Morgan fingerprint density at radius 2 is 1.43 bits per heavy atom. The predicted octanol–water partition coefficient (Wildman–Crippen LogP) is 6.57. The number of Topliss-reactive ketones (excluding diaryl/α,β-unsaturated/α-hetero) is 1. The highest BCUT2D eigenvalue weighted by molar-refractivity contribution is 7.17. The number of fused-ring (bicyclic) bond motifs is 6. The zero-order valence-corrected chi connectivity index (χ0v) is 28.5. The molecule has 6 saturated heterocycles. The third-order valence-corrected chi connectivity index (χ3v) is 13.5. The van der Waals surface area contributed by atoms with E-state index in [2.05, 4.69) is 36.0 Å². The van der Waals surface area contributed by atoms with Gasteiger partial charge in [-0.1, -0.05) is 0 Å². The van der Waals surface area contributed by atoms with E-state index in [-0.39, 0.29) is 18.2 Å². The van der Waals surface area contributed by atoms with E-state index in [9.17, 15) is 9.59 Å². The summed E-state index contributed by atoms with van der Waals surface area (Å²) in [7, 11) is 0. The van der Waals surface area contributed by atoms with Crippen LogP contribution in [-0.4, -0.2) is 75.3 Å². The van der Waals surface area contributed by atoms with Gasteiger partial charge in [0.25, 0.3) is 6.47 Å². The van der Waals surface area contributed by atoms with E-state index >= 15 is 0 Å². The molecule has 4 aromatic heterocycles. The molecule has 4 aromatic rings. The van der Waals surface area contributed by atoms with Gasteiger partial charge < -0.3 is 10.5 Å². The van der Waals surface area contributed by atoms with Crippen molar-refractivity contribution in [2.45, 2.75) is 74.9 Å². The summed E-state index contributed by atoms with van der Waals surface area (Å²) in [6.07, 6.45) is 14.9. The number of hydrogen-bond acceptors (Lipinski definition) is 10. The van der Waals surface area contributed by atoms with Crippen LogP contribution in [0.1, 0.15) is 68.3 Å². The van der Waals surface area contributed by atoms with Gasteiger partial charge in [0.15, 0.2) is 5.78 Å². The maximum Gasteiger partial charge on any atom is 0.299 e. The van der Waals surface area contributed by atoms with Crippen molar-refractivity contribution in [1.82, 2.24) is 19.8 Å². The van der Waals surface area contributed by atoms with Gasteiger partial charge in [-0.3, -0.25) is 24.4 Å². The first-order chi connectivity index (χ1) is 22.0. The first-order valence-corrected chi connectivity index (χ1v) is 18.3. The van der Waals surface area contributed by atoms with Crippen LogP contribution in [0.5, 0.6) is 5.88 Å². The molecule has 2 atom stereocenters. The third kappa shape index (κ3) is 5.79. The Morgan fingerprint density at radius 1 is 0.870 bits per heavy atom. The average Bonchev–Trinajstić information content (AvgIpc) is 3.94. The molecule has 0 amide bonds. The van der Waals surface area contributed by atoms with E-state index in [4.69, 9.17) is 5.73 Å². The number of piperidine rings is 6. The molecule has 0 aromatic carbocycles. The number of halogens is 1. The molecule has 8 aliphatic rings. The number of ketones is 1. The lowest BCUT2D eigenvalue weighted by molar-refractivity contribution is -0.120. The molecule has 2 N–H and O–H groups in total. The van der Waals surface area contributed by atoms with Gasteiger partial charge in [0.1, 0.15) is 5.69 Å². The summed E-state index contributed by atoms with van der Waals surface area (Å²) >= 11 is 3.29. The maximum absolute atomic E-state index is 12.8. The van der Waals surface area contributed by atoms with Gasteiger partial charge >= 0.3 is 0 Å². The Kier molecular flexibility index (Phi) is 8.97. The molecule has 11 heteroatoms. The van der Waals surface area contributed by atoms with Gasteiger partial charge in [-0.15, -0.1) is 35.1 Å². The summed E-state index contributed by atoms with van der Waals surface area (Å²) < 4.78 is 6.85. The van der Waals surface area contributed by atoms with Crippen molar-refractivity contribution in [3.8, 4) is 5.88 Å². The second-order valence-corrected chi connectivity index (χ2v) is 15.7. The minimum Gasteiger partial charge on any atom is -0.410 e. The minimum atomic E-state index is 0. The molecule has 6 aliphatic heterocycles. The number of carbonyl (C=O) groups excluding carboxylic acids is 2. The smallest absolute Gasteiger partial charge is 0.299 e. The molecular weight excluding hydrogens is 638 g/mol. The molecule has 0 unspecified atom stereocenters. The van der Waals surface area contributed by atoms with Crippen LogP contribution in [0, 0.1) is 17.8 Å². The summed E-state index contributed by atoms with van der Waals surface area (Å²) in [5, 5.41) is 6.23. The van der Waals surface area contributed by atoms with Crippen molar-refractivity contribution >= 4 is 67.5 Å². The number of nitrogens with two attached hydrogens (primary N) is 1. The van der Waals surface area contributed by atoms with Crippen molar-refractivity contribution in [3.05, 3.63) is 53.1 Å². The van der Waals surface area contributed by atoms with Crippen molar-refractivity contribution in [2.24, 2.45) is 23.5 Å². The van der Waals surface area contributed by atoms with Gasteiger partial charge in [-0.25, -0.2) is 4.98 Å². The third-order valence-electron chi connectivity index (χ3n) is 11.8. The fraction of sp³-hybridized carbons (Fsp3) is 0.543. The summed E-state index contributed by atoms with van der Waals surface area (Å²) in [6, 6.07) is 8.27. The van der Waals surface area contributed by atoms with Crippen LogP contribution in [0.4, 0.5) is 0 Å². The van der Waals surface area contributed by atoms with E-state index in [1.165, 1.54) is 77.5 Å². The molecule has 8 nitrogen and oxygen atoms in total. The van der Waals surface area contributed by atoms with Gasteiger partial charge in [0.05, 0.1) is 9.40 Å². The van der Waals surface area contributed by atoms with Crippen molar-refractivity contribution in [2.75, 3.05) is 26.2 Å². The highest BCUT2D eigenvalue weighted by atomic mass is 35.5. The molecule has 2 spiro atoms. The summed E-state index contributed by atoms with van der Waals surface area (Å²) in [6.45, 7) is 5.56. The lowest BCUT2D eigenvalue weighted by atomic mass is 9.69. The predicted molar refractivity (Wildman–Crippen MR) is 186 cm³/mol. The second kappa shape index (κ2) is 12.9. The molecule has 10 heterocycles. The number of thiophene rings is 2. The molecule has 4 bridgehead atoms. The monoisotopic (exact) mass is 679 g/mol. The van der Waals surface area contributed by atoms with E-state index in [1.54, 1.807) is 34.9 Å². The Bertz CT molecular complexity index is 1700. The van der Waals surface area contributed by atoms with Crippen LogP contribution in [0.2, 0.25) is 0 Å². The number of nitrogens with zero attached hydrogens (tertiary/aromatic N) is 4. The number of pyridine rings is 2. The Balaban J connectivity index is 0.000000119. The average molecular weight is 680 g/mol. The van der Waals surface area contributed by atoms with Crippen LogP contribution < -0.4 is 10.5 Å². The number of rotatable bonds is 5. The lowest BCUT2D eigenvalue weighted by Crippen LogP contribution is -2.63.